The molecule has 0 radical (unpaired) electrons. The van der Waals surface area contributed by atoms with Gasteiger partial charge in [0.2, 0.25) is 0 Å². The van der Waals surface area contributed by atoms with E-state index < -0.39 is 6.09 Å². The van der Waals surface area contributed by atoms with Crippen molar-refractivity contribution in [3.63, 3.8) is 0 Å². The lowest BCUT2D eigenvalue weighted by molar-refractivity contribution is 0.197. The first-order valence-corrected chi connectivity index (χ1v) is 6.74. The highest BCUT2D eigenvalue weighted by Crippen LogP contribution is 2.04. The monoisotopic (exact) mass is 243 g/mol. The number of carboxylic acid groups (broad SMARTS) is 1. The van der Waals surface area contributed by atoms with Gasteiger partial charge in [0.15, 0.2) is 0 Å². The molecule has 0 rings (SSSR count). The lowest BCUT2D eigenvalue weighted by Gasteiger charge is -1.94. The Bertz CT molecular complexity index is 179. The smallest absolute Gasteiger partial charge is 0.404 e. The Morgan fingerprint density at radius 1 is 1.00 bits per heavy atom. The summed E-state index contributed by atoms with van der Waals surface area (Å²) in [5, 5.41) is 9.56. The van der Waals surface area contributed by atoms with E-state index in [4.69, 9.17) is 5.11 Å². The van der Waals surface area contributed by atoms with Crippen molar-refractivity contribution >= 4 is 6.09 Å². The fourth-order valence-electron chi connectivity index (χ4n) is 1.25. The maximum atomic E-state index is 9.26. The van der Waals surface area contributed by atoms with E-state index in [0.29, 0.717) is 0 Å². The second-order valence-electron chi connectivity index (χ2n) is 4.02. The zero-order valence-electron chi connectivity index (χ0n) is 11.7. The number of amides is 1. The van der Waals surface area contributed by atoms with Crippen molar-refractivity contribution in [1.82, 2.24) is 5.32 Å². The molecule has 0 aromatic carbocycles. The summed E-state index contributed by atoms with van der Waals surface area (Å²) in [5.41, 5.74) is 0. The molecular formula is C14H29NO2. The van der Waals surface area contributed by atoms with Crippen molar-refractivity contribution in [3.05, 3.63) is 12.2 Å². The Labute approximate surface area is 106 Å². The first-order valence-electron chi connectivity index (χ1n) is 6.74. The number of carbonyl (C=O) groups is 1. The van der Waals surface area contributed by atoms with Gasteiger partial charge in [0.25, 0.3) is 0 Å². The van der Waals surface area contributed by atoms with Gasteiger partial charge in [-0.2, -0.15) is 0 Å². The molecule has 0 unspecified atom stereocenters. The van der Waals surface area contributed by atoms with Crippen molar-refractivity contribution < 1.29 is 9.90 Å². The van der Waals surface area contributed by atoms with E-state index in [2.05, 4.69) is 26.0 Å². The molecule has 0 aromatic rings. The zero-order chi connectivity index (χ0) is 13.4. The predicted molar refractivity (Wildman–Crippen MR) is 74.5 cm³/mol. The molecule has 17 heavy (non-hydrogen) atoms. The fraction of sp³-hybridized carbons (Fsp3) is 0.786. The molecule has 0 aliphatic carbocycles. The first kappa shape index (κ1) is 18.4. The van der Waals surface area contributed by atoms with Crippen LogP contribution in [0.25, 0.3) is 0 Å². The van der Waals surface area contributed by atoms with Crippen molar-refractivity contribution in [2.24, 2.45) is 0 Å². The van der Waals surface area contributed by atoms with Crippen LogP contribution in [-0.2, 0) is 0 Å². The highest BCUT2D eigenvalue weighted by Gasteiger charge is 1.84. The maximum absolute atomic E-state index is 9.26. The average molecular weight is 243 g/mol. The van der Waals surface area contributed by atoms with Crippen molar-refractivity contribution in [1.29, 1.82) is 0 Å². The van der Waals surface area contributed by atoms with E-state index in [-0.39, 0.29) is 0 Å². The molecule has 0 atom stereocenters. The van der Waals surface area contributed by atoms with Crippen LogP contribution in [0.3, 0.4) is 0 Å². The lowest BCUT2D eigenvalue weighted by Crippen LogP contribution is -2.13. The average Bonchev–Trinajstić information content (AvgIpc) is 2.33. The largest absolute Gasteiger partial charge is 0.465 e. The molecule has 1 amide bonds. The van der Waals surface area contributed by atoms with Crippen LogP contribution in [0.4, 0.5) is 4.79 Å². The van der Waals surface area contributed by atoms with E-state index in [1.807, 2.05) is 5.32 Å². The molecule has 0 heterocycles. The Hall–Kier alpha value is -0.990. The minimum absolute atomic E-state index is 0.995. The number of allylic oxidation sites excluding steroid dienone is 2. The predicted octanol–water partition coefficient (Wildman–Crippen LogP) is 4.59. The summed E-state index contributed by atoms with van der Waals surface area (Å²) in [6.07, 6.45) is 14.5. The number of rotatable bonds is 8. The Kier molecular flexibility index (Phi) is 18.8. The standard InChI is InChI=1S/C12H24.C2H5NO2/c1-3-5-7-9-11-12-10-8-6-4-2;1-3-2(4)5/h9,11H,3-8,10,12H2,1-2H3;3H,1H3,(H,4,5)/b11-9-;. The summed E-state index contributed by atoms with van der Waals surface area (Å²) in [6, 6.07) is 0. The molecule has 0 saturated heterocycles. The topological polar surface area (TPSA) is 49.3 Å². The van der Waals surface area contributed by atoms with Gasteiger partial charge in [-0.05, 0) is 19.3 Å². The lowest BCUT2D eigenvalue weighted by atomic mass is 10.1. The van der Waals surface area contributed by atoms with Crippen LogP contribution >= 0.6 is 0 Å². The van der Waals surface area contributed by atoms with Crippen LogP contribution in [-0.4, -0.2) is 18.2 Å². The molecule has 0 spiro atoms. The van der Waals surface area contributed by atoms with Crippen LogP contribution in [0.2, 0.25) is 0 Å². The normalized spacial score (nSPS) is 9.82. The van der Waals surface area contributed by atoms with Crippen molar-refractivity contribution in [2.75, 3.05) is 7.05 Å². The molecular weight excluding hydrogens is 214 g/mol. The van der Waals surface area contributed by atoms with Gasteiger partial charge in [0, 0.05) is 7.05 Å². The maximum Gasteiger partial charge on any atom is 0.404 e. The third kappa shape index (κ3) is 25.4. The van der Waals surface area contributed by atoms with E-state index >= 15 is 0 Å². The number of unbranched alkanes of at least 4 members (excludes halogenated alkanes) is 6. The van der Waals surface area contributed by atoms with Gasteiger partial charge < -0.3 is 10.4 Å². The van der Waals surface area contributed by atoms with Crippen LogP contribution in [0.15, 0.2) is 12.2 Å². The molecule has 0 bridgehead atoms. The second kappa shape index (κ2) is 17.4. The number of hydrogen-bond acceptors (Lipinski definition) is 1. The van der Waals surface area contributed by atoms with Crippen LogP contribution in [0.5, 0.6) is 0 Å². The molecule has 102 valence electrons. The summed E-state index contributed by atoms with van der Waals surface area (Å²) in [7, 11) is 1.35. The van der Waals surface area contributed by atoms with Crippen LogP contribution in [0.1, 0.15) is 65.2 Å². The number of nitrogens with one attached hydrogen (secondary N) is 1. The Morgan fingerprint density at radius 2 is 1.47 bits per heavy atom. The van der Waals surface area contributed by atoms with Gasteiger partial charge in [0.1, 0.15) is 0 Å². The minimum atomic E-state index is -0.995. The van der Waals surface area contributed by atoms with Crippen molar-refractivity contribution in [2.45, 2.75) is 65.2 Å². The Morgan fingerprint density at radius 3 is 1.88 bits per heavy atom. The second-order valence-corrected chi connectivity index (χ2v) is 4.02. The highest BCUT2D eigenvalue weighted by atomic mass is 16.4. The van der Waals surface area contributed by atoms with Gasteiger partial charge in [-0.15, -0.1) is 0 Å². The molecule has 3 heteroatoms. The van der Waals surface area contributed by atoms with E-state index in [0.717, 1.165) is 0 Å². The molecule has 0 aromatic heterocycles. The molecule has 0 aliphatic rings. The molecule has 3 nitrogen and oxygen atoms in total. The van der Waals surface area contributed by atoms with Crippen LogP contribution in [0, 0.1) is 0 Å². The molecule has 0 fully saturated rings. The molecule has 0 aliphatic heterocycles. The van der Waals surface area contributed by atoms with Gasteiger partial charge in [-0.25, -0.2) is 4.79 Å². The number of hydrogen-bond donors (Lipinski definition) is 2. The third-order valence-corrected chi connectivity index (χ3v) is 2.33. The van der Waals surface area contributed by atoms with Crippen molar-refractivity contribution in [3.8, 4) is 0 Å². The zero-order valence-corrected chi connectivity index (χ0v) is 11.7. The quantitative estimate of drug-likeness (QED) is 0.484. The van der Waals surface area contributed by atoms with Crippen LogP contribution < -0.4 is 5.32 Å². The fourth-order valence-corrected chi connectivity index (χ4v) is 1.25. The highest BCUT2D eigenvalue weighted by molar-refractivity contribution is 5.63. The SMILES string of the molecule is CCCC/C=C\CCCCCC.CNC(=O)O. The summed E-state index contributed by atoms with van der Waals surface area (Å²) < 4.78 is 0. The Balaban J connectivity index is 0. The van der Waals surface area contributed by atoms with Gasteiger partial charge >= 0.3 is 6.09 Å². The van der Waals surface area contributed by atoms with E-state index in [1.165, 1.54) is 58.4 Å². The summed E-state index contributed by atoms with van der Waals surface area (Å²) in [4.78, 5) is 9.26. The molecule has 2 N–H and O–H groups in total. The van der Waals surface area contributed by atoms with E-state index in [1.54, 1.807) is 0 Å². The minimum Gasteiger partial charge on any atom is -0.465 e. The summed E-state index contributed by atoms with van der Waals surface area (Å²) >= 11 is 0. The van der Waals surface area contributed by atoms with E-state index in [9.17, 15) is 4.79 Å². The third-order valence-electron chi connectivity index (χ3n) is 2.33. The van der Waals surface area contributed by atoms with Gasteiger partial charge in [-0.3, -0.25) is 0 Å². The molecule has 0 saturated carbocycles. The first-order chi connectivity index (χ1) is 8.18. The van der Waals surface area contributed by atoms with Gasteiger partial charge in [-0.1, -0.05) is 58.1 Å². The summed E-state index contributed by atoms with van der Waals surface area (Å²) in [5.74, 6) is 0. The van der Waals surface area contributed by atoms with Gasteiger partial charge in [0.05, 0.1) is 0 Å². The summed E-state index contributed by atoms with van der Waals surface area (Å²) in [6.45, 7) is 4.51.